The standard InChI is InChI=1S/C25H23N3O2/c1-18-16-20(19(2)28(18)25-6-4-5-15-26-25)17-27-21-7-9-23(10-8-21)30-24-13-11-22(29-3)12-14-24/h4-17H,1-3H3. The SMILES string of the molecule is COc1ccc(Oc2ccc(N=Cc3cc(C)n(-c4ccccn4)c3C)cc2)cc1. The molecule has 0 amide bonds. The van der Waals surface area contributed by atoms with E-state index in [1.54, 1.807) is 13.3 Å². The molecule has 0 spiro atoms. The van der Waals surface area contributed by atoms with Gasteiger partial charge in [0.25, 0.3) is 0 Å². The number of pyridine rings is 1. The van der Waals surface area contributed by atoms with Gasteiger partial charge in [0, 0.05) is 29.4 Å². The molecule has 2 heterocycles. The van der Waals surface area contributed by atoms with Crippen molar-refractivity contribution in [1.82, 2.24) is 9.55 Å². The molecule has 2 aromatic carbocycles. The van der Waals surface area contributed by atoms with E-state index >= 15 is 0 Å². The zero-order chi connectivity index (χ0) is 20.9. The second-order valence-electron chi connectivity index (χ2n) is 6.88. The Morgan fingerprint density at radius 1 is 0.867 bits per heavy atom. The van der Waals surface area contributed by atoms with Crippen molar-refractivity contribution >= 4 is 11.9 Å². The van der Waals surface area contributed by atoms with Crippen molar-refractivity contribution in [3.8, 4) is 23.1 Å². The van der Waals surface area contributed by atoms with Gasteiger partial charge in [-0.3, -0.25) is 4.99 Å². The Morgan fingerprint density at radius 3 is 2.17 bits per heavy atom. The lowest BCUT2D eigenvalue weighted by Crippen LogP contribution is -2.01. The molecular weight excluding hydrogens is 374 g/mol. The average Bonchev–Trinajstić information content (AvgIpc) is 3.07. The first-order chi connectivity index (χ1) is 14.6. The summed E-state index contributed by atoms with van der Waals surface area (Å²) in [5, 5.41) is 0. The molecule has 0 aliphatic rings. The van der Waals surface area contributed by atoms with Crippen molar-refractivity contribution in [2.75, 3.05) is 7.11 Å². The first-order valence-corrected chi connectivity index (χ1v) is 9.70. The first kappa shape index (κ1) is 19.5. The third kappa shape index (κ3) is 4.25. The highest BCUT2D eigenvalue weighted by Crippen LogP contribution is 2.26. The molecule has 5 heteroatoms. The molecule has 0 bridgehead atoms. The first-order valence-electron chi connectivity index (χ1n) is 9.70. The van der Waals surface area contributed by atoms with Gasteiger partial charge in [0.05, 0.1) is 12.8 Å². The maximum atomic E-state index is 5.87. The Hall–Kier alpha value is -3.86. The lowest BCUT2D eigenvalue weighted by Gasteiger charge is -2.07. The van der Waals surface area contributed by atoms with Crippen LogP contribution in [0, 0.1) is 13.8 Å². The summed E-state index contributed by atoms with van der Waals surface area (Å²) in [5.41, 5.74) is 4.15. The van der Waals surface area contributed by atoms with Crippen molar-refractivity contribution < 1.29 is 9.47 Å². The van der Waals surface area contributed by atoms with Crippen molar-refractivity contribution in [2.45, 2.75) is 13.8 Å². The van der Waals surface area contributed by atoms with Gasteiger partial charge >= 0.3 is 0 Å². The van der Waals surface area contributed by atoms with Crippen LogP contribution in [0.15, 0.2) is 84.0 Å². The summed E-state index contributed by atoms with van der Waals surface area (Å²) in [5.74, 6) is 3.23. The van der Waals surface area contributed by atoms with Gasteiger partial charge in [-0.25, -0.2) is 4.98 Å². The molecule has 0 saturated carbocycles. The largest absolute Gasteiger partial charge is 0.497 e. The summed E-state index contributed by atoms with van der Waals surface area (Å²) in [6.07, 6.45) is 3.69. The van der Waals surface area contributed by atoms with E-state index in [2.05, 4.69) is 34.5 Å². The number of hydrogen-bond donors (Lipinski definition) is 0. The number of aromatic nitrogens is 2. The highest BCUT2D eigenvalue weighted by atomic mass is 16.5. The summed E-state index contributed by atoms with van der Waals surface area (Å²) in [6, 6.07) is 23.2. The van der Waals surface area contributed by atoms with Crippen molar-refractivity contribution in [3.05, 3.63) is 95.9 Å². The van der Waals surface area contributed by atoms with E-state index < -0.39 is 0 Å². The van der Waals surface area contributed by atoms with E-state index in [1.165, 1.54) is 0 Å². The van der Waals surface area contributed by atoms with Gasteiger partial charge in [-0.15, -0.1) is 0 Å². The second kappa shape index (κ2) is 8.66. The molecule has 0 unspecified atom stereocenters. The van der Waals surface area contributed by atoms with Crippen LogP contribution >= 0.6 is 0 Å². The zero-order valence-corrected chi connectivity index (χ0v) is 17.2. The van der Waals surface area contributed by atoms with Gasteiger partial charge in [0.2, 0.25) is 0 Å². The fourth-order valence-electron chi connectivity index (χ4n) is 3.28. The highest BCUT2D eigenvalue weighted by molar-refractivity contribution is 5.84. The minimum Gasteiger partial charge on any atom is -0.497 e. The van der Waals surface area contributed by atoms with Crippen LogP contribution in [0.25, 0.3) is 5.82 Å². The Kier molecular flexibility index (Phi) is 5.61. The molecule has 0 atom stereocenters. The lowest BCUT2D eigenvalue weighted by molar-refractivity contribution is 0.413. The molecule has 2 aromatic heterocycles. The normalized spacial score (nSPS) is 11.0. The van der Waals surface area contributed by atoms with E-state index in [0.29, 0.717) is 0 Å². The molecule has 0 saturated heterocycles. The molecule has 0 N–H and O–H groups in total. The van der Waals surface area contributed by atoms with Crippen LogP contribution in [0.4, 0.5) is 5.69 Å². The van der Waals surface area contributed by atoms with Crippen molar-refractivity contribution in [2.24, 2.45) is 4.99 Å². The smallest absolute Gasteiger partial charge is 0.136 e. The summed E-state index contributed by atoms with van der Waals surface area (Å²) in [4.78, 5) is 9.08. The van der Waals surface area contributed by atoms with E-state index in [0.717, 1.165) is 45.7 Å². The predicted molar refractivity (Wildman–Crippen MR) is 120 cm³/mol. The quantitative estimate of drug-likeness (QED) is 0.373. The number of rotatable bonds is 6. The highest BCUT2D eigenvalue weighted by Gasteiger charge is 2.09. The number of aryl methyl sites for hydroxylation is 1. The number of hydrogen-bond acceptors (Lipinski definition) is 4. The van der Waals surface area contributed by atoms with Crippen LogP contribution in [0.5, 0.6) is 17.2 Å². The van der Waals surface area contributed by atoms with Crippen LogP contribution < -0.4 is 9.47 Å². The van der Waals surface area contributed by atoms with Crippen LogP contribution in [-0.2, 0) is 0 Å². The maximum absolute atomic E-state index is 5.87. The Labute approximate surface area is 176 Å². The molecular formula is C25H23N3O2. The summed E-state index contributed by atoms with van der Waals surface area (Å²) in [7, 11) is 1.64. The Bertz CT molecular complexity index is 1150. The predicted octanol–water partition coefficient (Wildman–Crippen LogP) is 6.04. The number of ether oxygens (including phenoxy) is 2. The lowest BCUT2D eigenvalue weighted by atomic mass is 10.2. The van der Waals surface area contributed by atoms with Crippen molar-refractivity contribution in [3.63, 3.8) is 0 Å². The minimum atomic E-state index is 0.757. The van der Waals surface area contributed by atoms with Gasteiger partial charge in [0.1, 0.15) is 23.1 Å². The second-order valence-corrected chi connectivity index (χ2v) is 6.88. The van der Waals surface area contributed by atoms with Gasteiger partial charge < -0.3 is 14.0 Å². The van der Waals surface area contributed by atoms with Crippen LogP contribution in [-0.4, -0.2) is 22.9 Å². The average molecular weight is 397 g/mol. The van der Waals surface area contributed by atoms with E-state index in [-0.39, 0.29) is 0 Å². The maximum Gasteiger partial charge on any atom is 0.136 e. The topological polar surface area (TPSA) is 48.6 Å². The number of aliphatic imine (C=N–C) groups is 1. The summed E-state index contributed by atoms with van der Waals surface area (Å²) < 4.78 is 13.2. The number of methoxy groups -OCH3 is 1. The number of benzene rings is 2. The van der Waals surface area contributed by atoms with Crippen molar-refractivity contribution in [1.29, 1.82) is 0 Å². The van der Waals surface area contributed by atoms with Gasteiger partial charge in [-0.1, -0.05) is 6.07 Å². The molecule has 4 aromatic rings. The number of nitrogens with zero attached hydrogens (tertiary/aromatic N) is 3. The summed E-state index contributed by atoms with van der Waals surface area (Å²) in [6.45, 7) is 4.15. The molecule has 5 nitrogen and oxygen atoms in total. The molecule has 150 valence electrons. The minimum absolute atomic E-state index is 0.757. The molecule has 4 rings (SSSR count). The molecule has 0 fully saturated rings. The van der Waals surface area contributed by atoms with E-state index in [4.69, 9.17) is 9.47 Å². The molecule has 0 radical (unpaired) electrons. The van der Waals surface area contributed by atoms with Gasteiger partial charge in [-0.2, -0.15) is 0 Å². The summed E-state index contributed by atoms with van der Waals surface area (Å²) >= 11 is 0. The van der Waals surface area contributed by atoms with E-state index in [9.17, 15) is 0 Å². The van der Waals surface area contributed by atoms with Gasteiger partial charge in [0.15, 0.2) is 0 Å². The third-order valence-electron chi connectivity index (χ3n) is 4.83. The zero-order valence-electron chi connectivity index (χ0n) is 17.2. The fraction of sp³-hybridized carbons (Fsp3) is 0.120. The molecule has 0 aliphatic carbocycles. The molecule has 30 heavy (non-hydrogen) atoms. The molecule has 0 aliphatic heterocycles. The fourth-order valence-corrected chi connectivity index (χ4v) is 3.28. The van der Waals surface area contributed by atoms with Gasteiger partial charge in [-0.05, 0) is 80.6 Å². The van der Waals surface area contributed by atoms with E-state index in [1.807, 2.05) is 72.9 Å². The van der Waals surface area contributed by atoms with Crippen LogP contribution in [0.3, 0.4) is 0 Å². The van der Waals surface area contributed by atoms with Crippen LogP contribution in [0.2, 0.25) is 0 Å². The van der Waals surface area contributed by atoms with Crippen LogP contribution in [0.1, 0.15) is 17.0 Å². The third-order valence-corrected chi connectivity index (χ3v) is 4.83. The monoisotopic (exact) mass is 397 g/mol. The Morgan fingerprint density at radius 2 is 1.53 bits per heavy atom. The Balaban J connectivity index is 1.48.